The number of nitrogens with zero attached hydrogens (tertiary/aromatic N) is 3. The molecule has 0 fully saturated rings. The first-order chi connectivity index (χ1) is 12.7. The van der Waals surface area contributed by atoms with Gasteiger partial charge in [0, 0.05) is 21.7 Å². The monoisotopic (exact) mass is 359 g/mol. The topological polar surface area (TPSA) is 38.7 Å². The fourth-order valence-corrected chi connectivity index (χ4v) is 2.45. The lowest BCUT2D eigenvalue weighted by Crippen LogP contribution is -2.01. The highest BCUT2D eigenvalue weighted by Gasteiger charge is 2.11. The van der Waals surface area contributed by atoms with E-state index in [0.29, 0.717) is 22.5 Å². The van der Waals surface area contributed by atoms with E-state index in [1.165, 1.54) is 0 Å². The third-order valence-electron chi connectivity index (χ3n) is 3.66. The van der Waals surface area contributed by atoms with Gasteiger partial charge in [0.25, 0.3) is 0 Å². The Morgan fingerprint density at radius 3 is 2.08 bits per heavy atom. The molecule has 0 spiro atoms. The molecule has 0 amide bonds. The summed E-state index contributed by atoms with van der Waals surface area (Å²) in [7, 11) is 0. The summed E-state index contributed by atoms with van der Waals surface area (Å²) >= 11 is 6.00. The summed E-state index contributed by atoms with van der Waals surface area (Å²) in [4.78, 5) is 13.8. The highest BCUT2D eigenvalue weighted by atomic mass is 35.5. The minimum atomic E-state index is 0.546. The zero-order valence-electron chi connectivity index (χ0n) is 14.4. The molecule has 0 saturated carbocycles. The first kappa shape index (κ1) is 17.8. The van der Waals surface area contributed by atoms with Crippen LogP contribution in [0.3, 0.4) is 0 Å². The molecule has 3 rings (SSSR count). The first-order valence-electron chi connectivity index (χ1n) is 8.23. The van der Waals surface area contributed by atoms with Crippen LogP contribution >= 0.6 is 11.6 Å². The smallest absolute Gasteiger partial charge is 0.164 e. The Kier molecular flexibility index (Phi) is 5.72. The molecular weight excluding hydrogens is 342 g/mol. The number of allylic oxidation sites excluding steroid dienone is 5. The van der Waals surface area contributed by atoms with Crippen molar-refractivity contribution in [3.63, 3.8) is 0 Å². The van der Waals surface area contributed by atoms with Gasteiger partial charge in [-0.15, -0.1) is 0 Å². The van der Waals surface area contributed by atoms with Crippen LogP contribution in [-0.2, 0) is 0 Å². The molecule has 3 nitrogen and oxygen atoms in total. The van der Waals surface area contributed by atoms with Crippen molar-refractivity contribution in [1.29, 1.82) is 0 Å². The summed E-state index contributed by atoms with van der Waals surface area (Å²) in [5.74, 6) is 1.75. The van der Waals surface area contributed by atoms with Crippen LogP contribution in [-0.4, -0.2) is 15.0 Å². The average molecular weight is 360 g/mol. The van der Waals surface area contributed by atoms with Gasteiger partial charge in [-0.25, -0.2) is 15.0 Å². The van der Waals surface area contributed by atoms with Gasteiger partial charge in [-0.1, -0.05) is 72.8 Å². The summed E-state index contributed by atoms with van der Waals surface area (Å²) in [6.45, 7) is 6.05. The van der Waals surface area contributed by atoms with Gasteiger partial charge < -0.3 is 0 Å². The predicted molar refractivity (Wildman–Crippen MR) is 109 cm³/mol. The molecule has 1 aromatic heterocycles. The predicted octanol–water partition coefficient (Wildman–Crippen LogP) is 6.00. The molecule has 4 heteroatoms. The highest BCUT2D eigenvalue weighted by Crippen LogP contribution is 2.23. The number of benzene rings is 2. The number of hydrogen-bond donors (Lipinski definition) is 0. The summed E-state index contributed by atoms with van der Waals surface area (Å²) in [6.07, 6.45) is 7.68. The van der Waals surface area contributed by atoms with Crippen molar-refractivity contribution in [2.24, 2.45) is 0 Å². The molecule has 2 aromatic carbocycles. The van der Waals surface area contributed by atoms with Gasteiger partial charge in [-0.2, -0.15) is 0 Å². The minimum absolute atomic E-state index is 0.546. The SMILES string of the molecule is C=C(/C=C\C=C/C)c1nc(-c2ccccc2)nc(-c2ccc(Cl)cc2)n1. The Labute approximate surface area is 158 Å². The largest absolute Gasteiger partial charge is 0.208 e. The third-order valence-corrected chi connectivity index (χ3v) is 3.91. The Morgan fingerprint density at radius 2 is 1.46 bits per heavy atom. The van der Waals surface area contributed by atoms with Gasteiger partial charge in [0.05, 0.1) is 0 Å². The van der Waals surface area contributed by atoms with E-state index in [1.807, 2.05) is 85.8 Å². The zero-order chi connectivity index (χ0) is 18.4. The van der Waals surface area contributed by atoms with Gasteiger partial charge in [0.1, 0.15) is 0 Å². The highest BCUT2D eigenvalue weighted by molar-refractivity contribution is 6.30. The molecule has 0 N–H and O–H groups in total. The molecule has 0 aliphatic rings. The summed E-state index contributed by atoms with van der Waals surface area (Å²) in [5.41, 5.74) is 2.52. The minimum Gasteiger partial charge on any atom is -0.208 e. The molecule has 3 aromatic rings. The van der Waals surface area contributed by atoms with Gasteiger partial charge in [-0.3, -0.25) is 0 Å². The van der Waals surface area contributed by atoms with Crippen molar-refractivity contribution in [1.82, 2.24) is 15.0 Å². The Balaban J connectivity index is 2.10. The second-order valence-electron chi connectivity index (χ2n) is 5.59. The maximum absolute atomic E-state index is 6.00. The Morgan fingerprint density at radius 1 is 0.846 bits per heavy atom. The third kappa shape index (κ3) is 4.32. The first-order valence-corrected chi connectivity index (χ1v) is 8.61. The second-order valence-corrected chi connectivity index (χ2v) is 6.03. The zero-order valence-corrected chi connectivity index (χ0v) is 15.2. The normalized spacial score (nSPS) is 11.3. The molecule has 128 valence electrons. The van der Waals surface area contributed by atoms with Crippen LogP contribution in [0.4, 0.5) is 0 Å². The van der Waals surface area contributed by atoms with E-state index in [0.717, 1.165) is 16.7 Å². The number of rotatable bonds is 5. The molecule has 0 atom stereocenters. The van der Waals surface area contributed by atoms with Crippen LogP contribution in [0.2, 0.25) is 5.02 Å². The van der Waals surface area contributed by atoms with E-state index >= 15 is 0 Å². The average Bonchev–Trinajstić information content (AvgIpc) is 2.69. The molecule has 0 bridgehead atoms. The molecule has 0 unspecified atom stereocenters. The molecule has 26 heavy (non-hydrogen) atoms. The van der Waals surface area contributed by atoms with Crippen LogP contribution in [0.15, 0.2) is 85.5 Å². The maximum Gasteiger partial charge on any atom is 0.164 e. The fraction of sp³-hybridized carbons (Fsp3) is 0.0455. The van der Waals surface area contributed by atoms with Crippen LogP contribution in [0, 0.1) is 0 Å². The van der Waals surface area contributed by atoms with E-state index in [2.05, 4.69) is 21.5 Å². The lowest BCUT2D eigenvalue weighted by atomic mass is 10.1. The van der Waals surface area contributed by atoms with Crippen LogP contribution in [0.5, 0.6) is 0 Å². The van der Waals surface area contributed by atoms with Gasteiger partial charge in [0.15, 0.2) is 17.5 Å². The van der Waals surface area contributed by atoms with Gasteiger partial charge in [-0.05, 0) is 31.2 Å². The van der Waals surface area contributed by atoms with Crippen molar-refractivity contribution in [2.75, 3.05) is 0 Å². The molecule has 1 heterocycles. The molecule has 0 saturated heterocycles. The number of halogens is 1. The standard InChI is InChI=1S/C22H18ClN3/c1-3-4-6-9-16(2)20-24-21(17-10-7-5-8-11-17)26-22(25-20)18-12-14-19(23)15-13-18/h3-15H,2H2,1H3/b4-3-,9-6-. The van der Waals surface area contributed by atoms with Gasteiger partial charge >= 0.3 is 0 Å². The summed E-state index contributed by atoms with van der Waals surface area (Å²) in [5, 5.41) is 0.671. The van der Waals surface area contributed by atoms with Crippen molar-refractivity contribution >= 4 is 17.2 Å². The Bertz CT molecular complexity index is 958. The summed E-state index contributed by atoms with van der Waals surface area (Å²) in [6, 6.07) is 17.3. The summed E-state index contributed by atoms with van der Waals surface area (Å²) < 4.78 is 0. The van der Waals surface area contributed by atoms with E-state index in [1.54, 1.807) is 0 Å². The number of hydrogen-bond acceptors (Lipinski definition) is 3. The lowest BCUT2D eigenvalue weighted by Gasteiger charge is -2.08. The van der Waals surface area contributed by atoms with Crippen LogP contribution in [0.1, 0.15) is 12.7 Å². The maximum atomic E-state index is 6.00. The van der Waals surface area contributed by atoms with Gasteiger partial charge in [0.2, 0.25) is 0 Å². The van der Waals surface area contributed by atoms with Crippen molar-refractivity contribution in [3.05, 3.63) is 96.3 Å². The molecule has 0 aliphatic carbocycles. The van der Waals surface area contributed by atoms with Crippen LogP contribution in [0.25, 0.3) is 28.3 Å². The lowest BCUT2D eigenvalue weighted by molar-refractivity contribution is 1.04. The van der Waals surface area contributed by atoms with Crippen molar-refractivity contribution < 1.29 is 0 Å². The Hall–Kier alpha value is -3.04. The quantitative estimate of drug-likeness (QED) is 0.524. The van der Waals surface area contributed by atoms with E-state index in [9.17, 15) is 0 Å². The fourth-order valence-electron chi connectivity index (χ4n) is 2.32. The van der Waals surface area contributed by atoms with Crippen molar-refractivity contribution in [2.45, 2.75) is 6.92 Å². The molecular formula is C22H18ClN3. The molecule has 0 radical (unpaired) electrons. The number of aromatic nitrogens is 3. The second kappa shape index (κ2) is 8.37. The van der Waals surface area contributed by atoms with Crippen LogP contribution < -0.4 is 0 Å². The molecule has 0 aliphatic heterocycles. The van der Waals surface area contributed by atoms with E-state index in [4.69, 9.17) is 11.6 Å². The van der Waals surface area contributed by atoms with E-state index < -0.39 is 0 Å². The van der Waals surface area contributed by atoms with Crippen molar-refractivity contribution in [3.8, 4) is 22.8 Å². The van der Waals surface area contributed by atoms with E-state index in [-0.39, 0.29) is 0 Å².